The molecular formula is C15H22N2O2S. The van der Waals surface area contributed by atoms with Gasteiger partial charge in [-0.25, -0.2) is 0 Å². The second kappa shape index (κ2) is 5.74. The molecule has 3 rings (SSSR count). The number of amides is 1. The van der Waals surface area contributed by atoms with Crippen LogP contribution in [0.15, 0.2) is 11.4 Å². The second-order valence-corrected chi connectivity index (χ2v) is 6.59. The Morgan fingerprint density at radius 2 is 2.15 bits per heavy atom. The predicted molar refractivity (Wildman–Crippen MR) is 80.5 cm³/mol. The minimum atomic E-state index is 0.130. The fourth-order valence-electron chi connectivity index (χ4n) is 3.59. The average molecular weight is 294 g/mol. The van der Waals surface area contributed by atoms with Gasteiger partial charge < -0.3 is 15.0 Å². The van der Waals surface area contributed by atoms with E-state index in [2.05, 4.69) is 12.2 Å². The molecule has 3 heterocycles. The molecule has 2 aliphatic rings. The summed E-state index contributed by atoms with van der Waals surface area (Å²) in [7, 11) is 1.62. The molecule has 4 nitrogen and oxygen atoms in total. The summed E-state index contributed by atoms with van der Waals surface area (Å²) >= 11 is 1.48. The summed E-state index contributed by atoms with van der Waals surface area (Å²) in [5, 5.41) is 5.56. The summed E-state index contributed by atoms with van der Waals surface area (Å²) in [6, 6.07) is 3.45. The summed E-state index contributed by atoms with van der Waals surface area (Å²) in [5.41, 5.74) is 0. The molecule has 0 radical (unpaired) electrons. The maximum atomic E-state index is 12.8. The number of carbonyl (C=O) groups is 1. The molecule has 0 spiro atoms. The van der Waals surface area contributed by atoms with E-state index < -0.39 is 0 Å². The minimum absolute atomic E-state index is 0.130. The molecule has 2 unspecified atom stereocenters. The quantitative estimate of drug-likeness (QED) is 0.927. The Balaban J connectivity index is 1.77. The summed E-state index contributed by atoms with van der Waals surface area (Å²) < 4.78 is 5.29. The summed E-state index contributed by atoms with van der Waals surface area (Å²) in [6.07, 6.45) is 4.69. The molecule has 110 valence electrons. The zero-order valence-electron chi connectivity index (χ0n) is 12.1. The van der Waals surface area contributed by atoms with Crippen molar-refractivity contribution in [1.82, 2.24) is 10.2 Å². The molecule has 2 aliphatic heterocycles. The molecule has 2 fully saturated rings. The summed E-state index contributed by atoms with van der Waals surface area (Å²) in [6.45, 7) is 2.84. The third kappa shape index (κ3) is 2.44. The van der Waals surface area contributed by atoms with Gasteiger partial charge in [0, 0.05) is 24.7 Å². The van der Waals surface area contributed by atoms with Gasteiger partial charge in [0.2, 0.25) is 0 Å². The molecule has 0 aliphatic carbocycles. The number of ether oxygens (including phenoxy) is 1. The van der Waals surface area contributed by atoms with Crippen LogP contribution in [-0.4, -0.2) is 42.6 Å². The van der Waals surface area contributed by atoms with E-state index >= 15 is 0 Å². The fraction of sp³-hybridized carbons (Fsp3) is 0.667. The van der Waals surface area contributed by atoms with Gasteiger partial charge in [0.05, 0.1) is 7.11 Å². The van der Waals surface area contributed by atoms with Crippen molar-refractivity contribution in [3.05, 3.63) is 16.3 Å². The third-order valence-corrected chi connectivity index (χ3v) is 5.42. The van der Waals surface area contributed by atoms with E-state index in [1.807, 2.05) is 16.3 Å². The maximum Gasteiger partial charge on any atom is 0.267 e. The molecule has 1 N–H and O–H groups in total. The highest BCUT2D eigenvalue weighted by Gasteiger charge is 2.37. The van der Waals surface area contributed by atoms with E-state index in [1.54, 1.807) is 7.11 Å². The lowest BCUT2D eigenvalue weighted by atomic mass is 9.98. The van der Waals surface area contributed by atoms with E-state index in [-0.39, 0.29) is 5.91 Å². The van der Waals surface area contributed by atoms with Crippen LogP contribution < -0.4 is 10.1 Å². The first kappa shape index (κ1) is 13.9. The molecule has 20 heavy (non-hydrogen) atoms. The van der Waals surface area contributed by atoms with Crippen LogP contribution >= 0.6 is 11.3 Å². The van der Waals surface area contributed by atoms with Crippen molar-refractivity contribution in [2.75, 3.05) is 13.7 Å². The molecule has 2 atom stereocenters. The zero-order valence-corrected chi connectivity index (χ0v) is 12.9. The zero-order chi connectivity index (χ0) is 14.1. The lowest BCUT2D eigenvalue weighted by Gasteiger charge is -2.37. The molecule has 1 aromatic rings. The Labute approximate surface area is 124 Å². The van der Waals surface area contributed by atoms with E-state index in [0.29, 0.717) is 23.9 Å². The van der Waals surface area contributed by atoms with Crippen molar-refractivity contribution in [1.29, 1.82) is 0 Å². The van der Waals surface area contributed by atoms with E-state index in [1.165, 1.54) is 24.2 Å². The van der Waals surface area contributed by atoms with Gasteiger partial charge in [0.25, 0.3) is 5.91 Å². The fourth-order valence-corrected chi connectivity index (χ4v) is 4.41. The van der Waals surface area contributed by atoms with Crippen LogP contribution in [0, 0.1) is 0 Å². The number of nitrogens with zero attached hydrogens (tertiary/aromatic N) is 1. The van der Waals surface area contributed by atoms with Crippen LogP contribution in [0.25, 0.3) is 0 Å². The number of fused-ring (bicyclic) bond motifs is 2. The standard InChI is InChI=1S/C15H22N2O2S/c1-3-17(12-8-10-4-5-11(9-12)16-10)15(18)14-13(19-2)6-7-20-14/h6-7,10-12,16H,3-5,8-9H2,1-2H3. The molecule has 1 amide bonds. The van der Waals surface area contributed by atoms with Gasteiger partial charge in [-0.05, 0) is 44.1 Å². The van der Waals surface area contributed by atoms with Gasteiger partial charge in [-0.15, -0.1) is 11.3 Å². The number of methoxy groups -OCH3 is 1. The molecule has 5 heteroatoms. The summed E-state index contributed by atoms with van der Waals surface area (Å²) in [4.78, 5) is 15.6. The molecule has 0 saturated carbocycles. The van der Waals surface area contributed by atoms with E-state index in [4.69, 9.17) is 4.74 Å². The van der Waals surface area contributed by atoms with Crippen molar-refractivity contribution in [2.45, 2.75) is 50.7 Å². The Hall–Kier alpha value is -1.07. The second-order valence-electron chi connectivity index (χ2n) is 5.67. The van der Waals surface area contributed by atoms with Crippen LogP contribution in [-0.2, 0) is 0 Å². The normalized spacial score (nSPS) is 28.4. The summed E-state index contributed by atoms with van der Waals surface area (Å²) in [5.74, 6) is 0.834. The van der Waals surface area contributed by atoms with Gasteiger partial charge in [-0.2, -0.15) is 0 Å². The number of thiophene rings is 1. The first-order valence-electron chi connectivity index (χ1n) is 7.41. The van der Waals surface area contributed by atoms with Crippen molar-refractivity contribution in [3.8, 4) is 5.75 Å². The first-order valence-corrected chi connectivity index (χ1v) is 8.29. The molecule has 2 saturated heterocycles. The SMILES string of the molecule is CCN(C(=O)c1sccc1OC)C1CC2CCC(C1)N2. The topological polar surface area (TPSA) is 41.6 Å². The van der Waals surface area contributed by atoms with Crippen molar-refractivity contribution >= 4 is 17.2 Å². The number of rotatable bonds is 4. The highest BCUT2D eigenvalue weighted by molar-refractivity contribution is 7.12. The highest BCUT2D eigenvalue weighted by atomic mass is 32.1. The lowest BCUT2D eigenvalue weighted by molar-refractivity contribution is 0.0633. The van der Waals surface area contributed by atoms with Crippen molar-refractivity contribution in [2.24, 2.45) is 0 Å². The highest BCUT2D eigenvalue weighted by Crippen LogP contribution is 2.32. The van der Waals surface area contributed by atoms with Crippen LogP contribution in [0.1, 0.15) is 42.3 Å². The largest absolute Gasteiger partial charge is 0.495 e. The van der Waals surface area contributed by atoms with Crippen LogP contribution in [0.3, 0.4) is 0 Å². The first-order chi connectivity index (χ1) is 9.72. The minimum Gasteiger partial charge on any atom is -0.495 e. The van der Waals surface area contributed by atoms with Gasteiger partial charge in [-0.3, -0.25) is 4.79 Å². The third-order valence-electron chi connectivity index (χ3n) is 4.53. The number of carbonyl (C=O) groups excluding carboxylic acids is 1. The average Bonchev–Trinajstić information content (AvgIpc) is 3.06. The molecular weight excluding hydrogens is 272 g/mol. The Morgan fingerprint density at radius 1 is 1.45 bits per heavy atom. The van der Waals surface area contributed by atoms with Gasteiger partial charge in [0.15, 0.2) is 0 Å². The molecule has 1 aromatic heterocycles. The number of hydrogen-bond acceptors (Lipinski definition) is 4. The van der Waals surface area contributed by atoms with Gasteiger partial charge >= 0.3 is 0 Å². The molecule has 0 aromatic carbocycles. The van der Waals surface area contributed by atoms with Crippen LogP contribution in [0.4, 0.5) is 0 Å². The van der Waals surface area contributed by atoms with Crippen LogP contribution in [0.5, 0.6) is 5.75 Å². The predicted octanol–water partition coefficient (Wildman–Crippen LogP) is 2.50. The number of piperidine rings is 1. The van der Waals surface area contributed by atoms with E-state index in [0.717, 1.165) is 24.3 Å². The van der Waals surface area contributed by atoms with Crippen molar-refractivity contribution < 1.29 is 9.53 Å². The lowest BCUT2D eigenvalue weighted by Crippen LogP contribution is -2.50. The Bertz CT molecular complexity index is 476. The van der Waals surface area contributed by atoms with Gasteiger partial charge in [-0.1, -0.05) is 0 Å². The van der Waals surface area contributed by atoms with E-state index in [9.17, 15) is 4.79 Å². The van der Waals surface area contributed by atoms with Crippen LogP contribution in [0.2, 0.25) is 0 Å². The van der Waals surface area contributed by atoms with Crippen molar-refractivity contribution in [3.63, 3.8) is 0 Å². The smallest absolute Gasteiger partial charge is 0.267 e. The Morgan fingerprint density at radius 3 is 2.75 bits per heavy atom. The number of hydrogen-bond donors (Lipinski definition) is 1. The Kier molecular flexibility index (Phi) is 3.98. The molecule has 2 bridgehead atoms. The monoisotopic (exact) mass is 294 g/mol. The maximum absolute atomic E-state index is 12.8. The number of nitrogens with one attached hydrogen (secondary N) is 1. The van der Waals surface area contributed by atoms with Gasteiger partial charge in [0.1, 0.15) is 10.6 Å².